The standard InChI is InChI=1S/C17H26N2O/c1-17(2)11-15(14-5-3-4-6-16(14)20-17)19-9-7-13(12-18)8-10-19/h3-6,13,15H,7-12,18H2,1-2H3. The lowest BCUT2D eigenvalue weighted by molar-refractivity contribution is 0.0187. The highest BCUT2D eigenvalue weighted by atomic mass is 16.5. The molecule has 3 rings (SSSR count). The first kappa shape index (κ1) is 13.9. The van der Waals surface area contributed by atoms with Crippen LogP contribution in [-0.4, -0.2) is 30.1 Å². The number of para-hydroxylation sites is 1. The fraction of sp³-hybridized carbons (Fsp3) is 0.647. The molecule has 1 aromatic carbocycles. The summed E-state index contributed by atoms with van der Waals surface area (Å²) < 4.78 is 6.14. The summed E-state index contributed by atoms with van der Waals surface area (Å²) in [6.45, 7) is 7.56. The summed E-state index contributed by atoms with van der Waals surface area (Å²) in [6.07, 6.45) is 3.53. The molecule has 1 unspecified atom stereocenters. The van der Waals surface area contributed by atoms with Gasteiger partial charge < -0.3 is 10.5 Å². The van der Waals surface area contributed by atoms with Crippen molar-refractivity contribution in [2.24, 2.45) is 11.7 Å². The van der Waals surface area contributed by atoms with Crippen LogP contribution < -0.4 is 10.5 Å². The van der Waals surface area contributed by atoms with Gasteiger partial charge >= 0.3 is 0 Å². The molecule has 2 N–H and O–H groups in total. The van der Waals surface area contributed by atoms with Crippen molar-refractivity contribution in [2.75, 3.05) is 19.6 Å². The van der Waals surface area contributed by atoms with E-state index in [1.54, 1.807) is 0 Å². The Bertz CT molecular complexity index is 464. The van der Waals surface area contributed by atoms with E-state index >= 15 is 0 Å². The topological polar surface area (TPSA) is 38.5 Å². The highest BCUT2D eigenvalue weighted by Crippen LogP contribution is 2.43. The SMILES string of the molecule is CC1(C)CC(N2CCC(CN)CC2)c2ccccc2O1. The van der Waals surface area contributed by atoms with Crippen LogP contribution in [0.4, 0.5) is 0 Å². The number of likely N-dealkylation sites (tertiary alicyclic amines) is 1. The molecule has 2 heterocycles. The first-order chi connectivity index (χ1) is 9.59. The fourth-order valence-electron chi connectivity index (χ4n) is 3.59. The van der Waals surface area contributed by atoms with Crippen LogP contribution in [-0.2, 0) is 0 Å². The molecule has 1 fully saturated rings. The maximum atomic E-state index is 6.14. The van der Waals surface area contributed by atoms with Gasteiger partial charge in [0.2, 0.25) is 0 Å². The average molecular weight is 274 g/mol. The van der Waals surface area contributed by atoms with E-state index in [4.69, 9.17) is 10.5 Å². The molecule has 1 aromatic rings. The molecule has 3 nitrogen and oxygen atoms in total. The van der Waals surface area contributed by atoms with Gasteiger partial charge in [0.15, 0.2) is 0 Å². The molecule has 0 aromatic heterocycles. The summed E-state index contributed by atoms with van der Waals surface area (Å²) in [5, 5.41) is 0. The minimum absolute atomic E-state index is 0.0796. The van der Waals surface area contributed by atoms with E-state index in [1.165, 1.54) is 18.4 Å². The predicted molar refractivity (Wildman–Crippen MR) is 81.9 cm³/mol. The Morgan fingerprint density at radius 3 is 2.65 bits per heavy atom. The van der Waals surface area contributed by atoms with E-state index in [9.17, 15) is 0 Å². The van der Waals surface area contributed by atoms with E-state index in [2.05, 4.69) is 43.0 Å². The van der Waals surface area contributed by atoms with Gasteiger partial charge in [0.1, 0.15) is 11.4 Å². The Morgan fingerprint density at radius 2 is 1.95 bits per heavy atom. The molecule has 1 saturated heterocycles. The molecule has 20 heavy (non-hydrogen) atoms. The Kier molecular flexibility index (Phi) is 3.74. The minimum atomic E-state index is -0.0796. The smallest absolute Gasteiger partial charge is 0.124 e. The maximum Gasteiger partial charge on any atom is 0.124 e. The summed E-state index contributed by atoms with van der Waals surface area (Å²) in [7, 11) is 0. The molecule has 0 spiro atoms. The van der Waals surface area contributed by atoms with E-state index < -0.39 is 0 Å². The van der Waals surface area contributed by atoms with Crippen LogP contribution in [0.15, 0.2) is 24.3 Å². The first-order valence-electron chi connectivity index (χ1n) is 7.81. The van der Waals surface area contributed by atoms with Crippen LogP contribution in [0.3, 0.4) is 0 Å². The van der Waals surface area contributed by atoms with Gasteiger partial charge in [-0.15, -0.1) is 0 Å². The lowest BCUT2D eigenvalue weighted by atomic mass is 9.86. The molecule has 2 aliphatic heterocycles. The van der Waals surface area contributed by atoms with E-state index in [0.717, 1.165) is 31.8 Å². The highest BCUT2D eigenvalue weighted by Gasteiger charge is 2.37. The molecular formula is C17H26N2O. The molecule has 2 aliphatic rings. The van der Waals surface area contributed by atoms with E-state index in [0.29, 0.717) is 12.0 Å². The Balaban J connectivity index is 1.82. The number of rotatable bonds is 2. The number of benzene rings is 1. The zero-order valence-electron chi connectivity index (χ0n) is 12.6. The Labute approximate surface area is 122 Å². The third-order valence-electron chi connectivity index (χ3n) is 4.77. The zero-order chi connectivity index (χ0) is 14.2. The Morgan fingerprint density at radius 1 is 1.25 bits per heavy atom. The van der Waals surface area contributed by atoms with E-state index in [-0.39, 0.29) is 5.60 Å². The summed E-state index contributed by atoms with van der Waals surface area (Å²) in [5.41, 5.74) is 7.09. The second-order valence-electron chi connectivity index (χ2n) is 6.83. The quantitative estimate of drug-likeness (QED) is 0.901. The molecule has 0 amide bonds. The van der Waals surface area contributed by atoms with Crippen LogP contribution in [0.2, 0.25) is 0 Å². The monoisotopic (exact) mass is 274 g/mol. The van der Waals surface area contributed by atoms with Gasteiger partial charge in [-0.2, -0.15) is 0 Å². The van der Waals surface area contributed by atoms with Gasteiger partial charge in [-0.3, -0.25) is 4.90 Å². The van der Waals surface area contributed by atoms with Gasteiger partial charge in [0.25, 0.3) is 0 Å². The van der Waals surface area contributed by atoms with Crippen molar-refractivity contribution < 1.29 is 4.74 Å². The number of hydrogen-bond donors (Lipinski definition) is 1. The third-order valence-corrected chi connectivity index (χ3v) is 4.77. The number of ether oxygens (including phenoxy) is 1. The van der Waals surface area contributed by atoms with Crippen molar-refractivity contribution in [1.82, 2.24) is 4.90 Å². The molecule has 0 radical (unpaired) electrons. The molecule has 1 atom stereocenters. The van der Waals surface area contributed by atoms with Gasteiger partial charge in [-0.1, -0.05) is 18.2 Å². The van der Waals surface area contributed by atoms with E-state index in [1.807, 2.05) is 0 Å². The zero-order valence-corrected chi connectivity index (χ0v) is 12.6. The number of nitrogens with zero attached hydrogens (tertiary/aromatic N) is 1. The van der Waals surface area contributed by atoms with Crippen LogP contribution in [0.1, 0.15) is 44.7 Å². The molecule has 0 saturated carbocycles. The number of hydrogen-bond acceptors (Lipinski definition) is 3. The number of fused-ring (bicyclic) bond motifs is 1. The van der Waals surface area contributed by atoms with Crippen molar-refractivity contribution in [3.05, 3.63) is 29.8 Å². The van der Waals surface area contributed by atoms with Crippen LogP contribution in [0, 0.1) is 5.92 Å². The Hall–Kier alpha value is -1.06. The van der Waals surface area contributed by atoms with Crippen LogP contribution >= 0.6 is 0 Å². The summed E-state index contributed by atoms with van der Waals surface area (Å²) >= 11 is 0. The number of nitrogens with two attached hydrogens (primary N) is 1. The van der Waals surface area contributed by atoms with Crippen LogP contribution in [0.25, 0.3) is 0 Å². The first-order valence-corrected chi connectivity index (χ1v) is 7.81. The lowest BCUT2D eigenvalue weighted by Gasteiger charge is -2.44. The molecule has 3 heteroatoms. The third kappa shape index (κ3) is 2.70. The van der Waals surface area contributed by atoms with Crippen molar-refractivity contribution in [1.29, 1.82) is 0 Å². The highest BCUT2D eigenvalue weighted by molar-refractivity contribution is 5.38. The summed E-state index contributed by atoms with van der Waals surface area (Å²) in [6, 6.07) is 9.02. The lowest BCUT2D eigenvalue weighted by Crippen LogP contribution is -2.44. The molecule has 110 valence electrons. The van der Waals surface area contributed by atoms with Gasteiger partial charge in [0.05, 0.1) is 0 Å². The van der Waals surface area contributed by atoms with Gasteiger partial charge in [-0.05, 0) is 58.3 Å². The maximum absolute atomic E-state index is 6.14. The normalized spacial score (nSPS) is 26.9. The van der Waals surface area contributed by atoms with Crippen molar-refractivity contribution >= 4 is 0 Å². The molecular weight excluding hydrogens is 248 g/mol. The van der Waals surface area contributed by atoms with Crippen LogP contribution in [0.5, 0.6) is 5.75 Å². The molecule has 0 aliphatic carbocycles. The van der Waals surface area contributed by atoms with Gasteiger partial charge in [-0.25, -0.2) is 0 Å². The van der Waals surface area contributed by atoms with Crippen molar-refractivity contribution in [3.8, 4) is 5.75 Å². The fourth-order valence-corrected chi connectivity index (χ4v) is 3.59. The van der Waals surface area contributed by atoms with Crippen molar-refractivity contribution in [2.45, 2.75) is 44.8 Å². The largest absolute Gasteiger partial charge is 0.487 e. The minimum Gasteiger partial charge on any atom is -0.487 e. The summed E-state index contributed by atoms with van der Waals surface area (Å²) in [5.74, 6) is 1.78. The number of piperidine rings is 1. The van der Waals surface area contributed by atoms with Crippen molar-refractivity contribution in [3.63, 3.8) is 0 Å². The second kappa shape index (κ2) is 5.38. The van der Waals surface area contributed by atoms with Gasteiger partial charge in [0, 0.05) is 18.0 Å². The predicted octanol–water partition coefficient (Wildman–Crippen LogP) is 2.96. The summed E-state index contributed by atoms with van der Waals surface area (Å²) in [4.78, 5) is 2.63. The second-order valence-corrected chi connectivity index (χ2v) is 6.83. The molecule has 0 bridgehead atoms. The average Bonchev–Trinajstić information content (AvgIpc) is 2.45.